The van der Waals surface area contributed by atoms with Gasteiger partial charge in [-0.1, -0.05) is 13.3 Å². The highest BCUT2D eigenvalue weighted by molar-refractivity contribution is 9.10. The Morgan fingerprint density at radius 3 is 2.72 bits per heavy atom. The maximum atomic E-state index is 11.1. The van der Waals surface area contributed by atoms with Gasteiger partial charge in [-0.25, -0.2) is 0 Å². The smallest absolute Gasteiger partial charge is 0.320 e. The molecule has 5 nitrogen and oxygen atoms in total. The Morgan fingerprint density at radius 1 is 1.56 bits per heavy atom. The molecule has 0 aromatic carbocycles. The van der Waals surface area contributed by atoms with Crippen LogP contribution < -0.4 is 5.32 Å². The second-order valence-corrected chi connectivity index (χ2v) is 5.02. The normalized spacial score (nSPS) is 12.7. The Kier molecular flexibility index (Phi) is 5.81. The molecule has 0 aliphatic heterocycles. The van der Waals surface area contributed by atoms with Crippen LogP contribution in [0.15, 0.2) is 4.47 Å². The maximum absolute atomic E-state index is 11.1. The Bertz CT molecular complexity index is 418. The maximum Gasteiger partial charge on any atom is 0.320 e. The van der Waals surface area contributed by atoms with Crippen LogP contribution in [0.5, 0.6) is 0 Å². The van der Waals surface area contributed by atoms with E-state index in [0.717, 1.165) is 28.8 Å². The summed E-state index contributed by atoms with van der Waals surface area (Å²) in [4.78, 5) is 11.1. The van der Waals surface area contributed by atoms with E-state index in [1.54, 1.807) is 0 Å². The Balaban J connectivity index is 2.75. The molecule has 0 amide bonds. The van der Waals surface area contributed by atoms with Crippen LogP contribution in [-0.2, 0) is 17.9 Å². The minimum atomic E-state index is -0.799. The molecule has 0 fully saturated rings. The lowest BCUT2D eigenvalue weighted by Gasteiger charge is -2.14. The van der Waals surface area contributed by atoms with Crippen LogP contribution in [0.25, 0.3) is 0 Å². The van der Waals surface area contributed by atoms with Crippen LogP contribution in [0.4, 0.5) is 0 Å². The molecule has 2 N–H and O–H groups in total. The van der Waals surface area contributed by atoms with E-state index in [1.165, 1.54) is 0 Å². The third-order valence-corrected chi connectivity index (χ3v) is 3.88. The number of hydrogen-bond donors (Lipinski definition) is 2. The number of aromatic nitrogens is 2. The van der Waals surface area contributed by atoms with Crippen LogP contribution >= 0.6 is 15.9 Å². The zero-order chi connectivity index (χ0) is 13.7. The average Bonchev–Trinajstić information content (AvgIpc) is 2.60. The van der Waals surface area contributed by atoms with Crippen molar-refractivity contribution >= 4 is 21.9 Å². The Labute approximate surface area is 116 Å². The summed E-state index contributed by atoms with van der Waals surface area (Å²) in [7, 11) is 0. The molecule has 0 aliphatic rings. The van der Waals surface area contributed by atoms with E-state index in [1.807, 2.05) is 25.5 Å². The molecule has 0 saturated carbocycles. The van der Waals surface area contributed by atoms with Crippen molar-refractivity contribution in [3.63, 3.8) is 0 Å². The summed E-state index contributed by atoms with van der Waals surface area (Å²) in [6, 6.07) is -0.498. The van der Waals surface area contributed by atoms with Gasteiger partial charge < -0.3 is 5.11 Å². The summed E-state index contributed by atoms with van der Waals surface area (Å²) in [5.74, 6) is -0.799. The fourth-order valence-electron chi connectivity index (χ4n) is 1.86. The van der Waals surface area contributed by atoms with E-state index in [4.69, 9.17) is 5.11 Å². The Hall–Kier alpha value is -0.880. The van der Waals surface area contributed by atoms with Gasteiger partial charge in [-0.05, 0) is 36.2 Å². The second-order valence-electron chi connectivity index (χ2n) is 4.22. The van der Waals surface area contributed by atoms with Crippen molar-refractivity contribution in [3.8, 4) is 0 Å². The zero-order valence-electron chi connectivity index (χ0n) is 11.0. The van der Waals surface area contributed by atoms with Crippen molar-refractivity contribution in [1.29, 1.82) is 0 Å². The average molecular weight is 318 g/mol. The van der Waals surface area contributed by atoms with Crippen molar-refractivity contribution in [2.24, 2.45) is 0 Å². The molecule has 0 aliphatic carbocycles. The van der Waals surface area contributed by atoms with E-state index in [-0.39, 0.29) is 0 Å². The minimum absolute atomic E-state index is 0.498. The van der Waals surface area contributed by atoms with Crippen molar-refractivity contribution in [1.82, 2.24) is 15.1 Å². The van der Waals surface area contributed by atoms with Gasteiger partial charge in [0.05, 0.1) is 15.9 Å². The van der Waals surface area contributed by atoms with Gasteiger partial charge >= 0.3 is 5.97 Å². The zero-order valence-corrected chi connectivity index (χ0v) is 12.6. The van der Waals surface area contributed by atoms with Gasteiger partial charge in [0.25, 0.3) is 0 Å². The molecule has 102 valence electrons. The minimum Gasteiger partial charge on any atom is -0.480 e. The van der Waals surface area contributed by atoms with Gasteiger partial charge in [0.1, 0.15) is 6.04 Å². The van der Waals surface area contributed by atoms with Crippen molar-refractivity contribution < 1.29 is 9.90 Å². The van der Waals surface area contributed by atoms with Gasteiger partial charge in [-0.2, -0.15) is 5.10 Å². The SMILES string of the molecule is CCCC(NCc1c(Br)c(C)nn1CC)C(=O)O. The van der Waals surface area contributed by atoms with Crippen molar-refractivity contribution in [2.45, 2.75) is 52.7 Å². The van der Waals surface area contributed by atoms with Gasteiger partial charge in [0, 0.05) is 13.1 Å². The molecule has 18 heavy (non-hydrogen) atoms. The number of carboxylic acid groups (broad SMARTS) is 1. The van der Waals surface area contributed by atoms with Crippen LogP contribution in [0.2, 0.25) is 0 Å². The second kappa shape index (κ2) is 6.89. The highest BCUT2D eigenvalue weighted by Crippen LogP contribution is 2.21. The highest BCUT2D eigenvalue weighted by Gasteiger charge is 2.18. The number of carbonyl (C=O) groups is 1. The predicted octanol–water partition coefficient (Wildman–Crippen LogP) is 2.32. The highest BCUT2D eigenvalue weighted by atomic mass is 79.9. The molecule has 1 rings (SSSR count). The molecule has 1 aromatic heterocycles. The number of halogens is 1. The summed E-state index contributed by atoms with van der Waals surface area (Å²) >= 11 is 3.50. The number of hydrogen-bond acceptors (Lipinski definition) is 3. The van der Waals surface area contributed by atoms with E-state index in [9.17, 15) is 4.79 Å². The van der Waals surface area contributed by atoms with Gasteiger partial charge in [-0.15, -0.1) is 0 Å². The van der Waals surface area contributed by atoms with Gasteiger partial charge in [-0.3, -0.25) is 14.8 Å². The van der Waals surface area contributed by atoms with Gasteiger partial charge in [0.15, 0.2) is 0 Å². The van der Waals surface area contributed by atoms with Gasteiger partial charge in [0.2, 0.25) is 0 Å². The number of aliphatic carboxylic acids is 1. The van der Waals surface area contributed by atoms with E-state index in [2.05, 4.69) is 26.3 Å². The summed E-state index contributed by atoms with van der Waals surface area (Å²) in [5.41, 5.74) is 1.92. The lowest BCUT2D eigenvalue weighted by Crippen LogP contribution is -2.36. The molecule has 0 radical (unpaired) electrons. The molecule has 0 saturated heterocycles. The lowest BCUT2D eigenvalue weighted by atomic mass is 10.1. The standard InChI is InChI=1S/C12H20BrN3O2/c1-4-6-9(12(17)18)14-7-10-11(13)8(3)15-16(10)5-2/h9,14H,4-7H2,1-3H3,(H,17,18). The van der Waals surface area contributed by atoms with E-state index >= 15 is 0 Å². The molecule has 1 atom stereocenters. The fourth-order valence-corrected chi connectivity index (χ4v) is 2.28. The summed E-state index contributed by atoms with van der Waals surface area (Å²) < 4.78 is 2.84. The molecule has 6 heteroatoms. The topological polar surface area (TPSA) is 67.2 Å². The van der Waals surface area contributed by atoms with Crippen LogP contribution in [0, 0.1) is 6.92 Å². The number of carboxylic acids is 1. The monoisotopic (exact) mass is 317 g/mol. The third-order valence-electron chi connectivity index (χ3n) is 2.84. The van der Waals surface area contributed by atoms with Crippen molar-refractivity contribution in [3.05, 3.63) is 15.9 Å². The molecular weight excluding hydrogens is 298 g/mol. The first-order valence-electron chi connectivity index (χ1n) is 6.19. The van der Waals surface area contributed by atoms with E-state index < -0.39 is 12.0 Å². The fraction of sp³-hybridized carbons (Fsp3) is 0.667. The number of rotatable bonds is 7. The molecule has 1 aromatic rings. The lowest BCUT2D eigenvalue weighted by molar-refractivity contribution is -0.139. The first-order chi connectivity index (χ1) is 8.51. The third kappa shape index (κ3) is 3.55. The first-order valence-corrected chi connectivity index (χ1v) is 6.98. The Morgan fingerprint density at radius 2 is 2.22 bits per heavy atom. The van der Waals surface area contributed by atoms with Crippen LogP contribution in [0.1, 0.15) is 38.1 Å². The molecular formula is C12H20BrN3O2. The summed E-state index contributed by atoms with van der Waals surface area (Å²) in [6.45, 7) is 7.21. The number of aryl methyl sites for hydroxylation is 2. The first kappa shape index (κ1) is 15.2. The molecule has 0 spiro atoms. The summed E-state index contributed by atoms with van der Waals surface area (Å²) in [6.07, 6.45) is 1.48. The number of nitrogens with one attached hydrogen (secondary N) is 1. The quantitative estimate of drug-likeness (QED) is 0.810. The molecule has 1 heterocycles. The van der Waals surface area contributed by atoms with Crippen LogP contribution in [-0.4, -0.2) is 26.9 Å². The number of nitrogens with zero attached hydrogens (tertiary/aromatic N) is 2. The van der Waals surface area contributed by atoms with Crippen molar-refractivity contribution in [2.75, 3.05) is 0 Å². The predicted molar refractivity (Wildman–Crippen MR) is 73.5 cm³/mol. The molecule has 0 bridgehead atoms. The largest absolute Gasteiger partial charge is 0.480 e. The van der Waals surface area contributed by atoms with Crippen LogP contribution in [0.3, 0.4) is 0 Å². The van der Waals surface area contributed by atoms with E-state index in [0.29, 0.717) is 13.0 Å². The summed E-state index contributed by atoms with van der Waals surface area (Å²) in [5, 5.41) is 16.5. The molecule has 1 unspecified atom stereocenters.